The number of halogens is 3. The van der Waals surface area contributed by atoms with Crippen LogP contribution >= 0.6 is 0 Å². The second-order valence-corrected chi connectivity index (χ2v) is 10.4. The molecule has 2 atom stereocenters. The summed E-state index contributed by atoms with van der Waals surface area (Å²) in [4.78, 5) is 13.1. The maximum atomic E-state index is 13.8. The van der Waals surface area contributed by atoms with Gasteiger partial charge in [0.2, 0.25) is 5.95 Å². The van der Waals surface area contributed by atoms with Crippen molar-refractivity contribution in [3.8, 4) is 0 Å². The van der Waals surface area contributed by atoms with Crippen LogP contribution in [0.25, 0.3) is 5.70 Å². The molecule has 1 aromatic heterocycles. The number of aromatic nitrogens is 2. The van der Waals surface area contributed by atoms with Gasteiger partial charge in [-0.15, -0.1) is 0 Å². The molecule has 2 aliphatic heterocycles. The topological polar surface area (TPSA) is 152 Å². The third kappa shape index (κ3) is 7.57. The van der Waals surface area contributed by atoms with Crippen LogP contribution in [0.2, 0.25) is 0 Å². The van der Waals surface area contributed by atoms with Gasteiger partial charge in [-0.2, -0.15) is 17.7 Å². The minimum atomic E-state index is -4.80. The quantitative estimate of drug-likeness (QED) is 0.286. The highest BCUT2D eigenvalue weighted by Gasteiger charge is 2.38. The fourth-order valence-corrected chi connectivity index (χ4v) is 4.73. The van der Waals surface area contributed by atoms with Crippen molar-refractivity contribution in [2.45, 2.75) is 38.1 Å². The van der Waals surface area contributed by atoms with E-state index in [1.54, 1.807) is 11.8 Å². The highest BCUT2D eigenvalue weighted by molar-refractivity contribution is 7.94. The summed E-state index contributed by atoms with van der Waals surface area (Å²) in [6, 6.07) is 0. The number of nitrogen functional groups attached to an aromatic ring is 1. The molecule has 5 N–H and O–H groups in total. The van der Waals surface area contributed by atoms with E-state index in [-0.39, 0.29) is 23.3 Å². The smallest absolute Gasteiger partial charge is 0.378 e. The second kappa shape index (κ2) is 11.2. The summed E-state index contributed by atoms with van der Waals surface area (Å²) in [6.45, 7) is 4.14. The fourth-order valence-electron chi connectivity index (χ4n) is 3.84. The van der Waals surface area contributed by atoms with Crippen molar-refractivity contribution in [1.29, 1.82) is 0 Å². The minimum Gasteiger partial charge on any atom is -0.378 e. The van der Waals surface area contributed by atoms with E-state index in [1.807, 2.05) is 0 Å². The van der Waals surface area contributed by atoms with Crippen LogP contribution in [0.5, 0.6) is 0 Å². The molecule has 0 amide bonds. The zero-order valence-electron chi connectivity index (χ0n) is 19.6. The molecular weight excluding hydrogens is 491 g/mol. The third-order valence-electron chi connectivity index (χ3n) is 5.60. The Morgan fingerprint density at radius 1 is 1.34 bits per heavy atom. The Kier molecular flexibility index (Phi) is 8.69. The highest BCUT2D eigenvalue weighted by atomic mass is 32.3. The molecule has 0 radical (unpaired) electrons. The first-order chi connectivity index (χ1) is 16.3. The number of nitrogens with two attached hydrogens (primary N) is 2. The van der Waals surface area contributed by atoms with E-state index in [2.05, 4.69) is 15.0 Å². The predicted octanol–water partition coefficient (Wildman–Crippen LogP) is 1.45. The standard InChI is InChI=1S/C20H30F3N7O4S/c1-13(34-14-3-5-30(6-4-14)35(2,31)32)11-16(27-19(25)29-7-9-33-10-8-29)15-12-26-18(24)28-17(15)20(21,22)23/h11-14H,3-10H2,1-2H3,(H4-,24,25,26,27,28,31,32)/p+1/b16-11-. The van der Waals surface area contributed by atoms with E-state index in [1.165, 1.54) is 16.6 Å². The molecular formula is C20H31F3N7O4S+. The fraction of sp³-hybridized carbons (Fsp3) is 0.650. The van der Waals surface area contributed by atoms with Crippen molar-refractivity contribution >= 4 is 28.0 Å². The Labute approximate surface area is 202 Å². The summed E-state index contributed by atoms with van der Waals surface area (Å²) in [5, 5.41) is 0. The number of hydrogen-bond donors (Lipinski definition) is 3. The van der Waals surface area contributed by atoms with E-state index in [9.17, 15) is 21.9 Å². The largest absolute Gasteiger partial charge is 0.434 e. The van der Waals surface area contributed by atoms with E-state index in [4.69, 9.17) is 20.9 Å². The second-order valence-electron chi connectivity index (χ2n) is 8.34. The Hall–Kier alpha value is -2.33. The van der Waals surface area contributed by atoms with Crippen LogP contribution in [0.15, 0.2) is 17.3 Å². The molecule has 0 saturated carbocycles. The van der Waals surface area contributed by atoms with Crippen LogP contribution in [0.3, 0.4) is 0 Å². The molecule has 3 rings (SSSR count). The normalized spacial score (nSPS) is 22.2. The van der Waals surface area contributed by atoms with Crippen molar-refractivity contribution in [2.75, 3.05) is 51.4 Å². The minimum absolute atomic E-state index is 0.0330. The zero-order chi connectivity index (χ0) is 25.8. The summed E-state index contributed by atoms with van der Waals surface area (Å²) < 4.78 is 75.6. The summed E-state index contributed by atoms with van der Waals surface area (Å²) in [5.41, 5.74) is 9.84. The lowest BCUT2D eigenvalue weighted by Gasteiger charge is -2.30. The molecule has 2 saturated heterocycles. The molecule has 2 aliphatic rings. The molecule has 3 heterocycles. The molecule has 196 valence electrons. The molecule has 2 unspecified atom stereocenters. The van der Waals surface area contributed by atoms with E-state index < -0.39 is 34.3 Å². The molecule has 0 spiro atoms. The lowest BCUT2D eigenvalue weighted by molar-refractivity contribution is -0.141. The van der Waals surface area contributed by atoms with Crippen LogP contribution in [0, 0.1) is 0 Å². The summed E-state index contributed by atoms with van der Waals surface area (Å²) in [7, 11) is -3.04. The molecule has 2 fully saturated rings. The highest BCUT2D eigenvalue weighted by Crippen LogP contribution is 2.34. The average molecular weight is 523 g/mol. The van der Waals surface area contributed by atoms with Crippen molar-refractivity contribution in [3.05, 3.63) is 23.5 Å². The molecule has 0 aliphatic carbocycles. The average Bonchev–Trinajstić information content (AvgIpc) is 2.78. The number of nitrogens with zero attached hydrogens (tertiary/aromatic N) is 5. The number of guanidine groups is 1. The predicted molar refractivity (Wildman–Crippen MR) is 125 cm³/mol. The van der Waals surface area contributed by atoms with E-state index in [0.717, 1.165) is 6.20 Å². The Morgan fingerprint density at radius 2 is 1.97 bits per heavy atom. The molecule has 35 heavy (non-hydrogen) atoms. The number of morpholine rings is 1. The summed E-state index contributed by atoms with van der Waals surface area (Å²) in [5.74, 6) is -0.483. The zero-order valence-corrected chi connectivity index (χ0v) is 20.4. The SMILES string of the molecule is CC(/C=C(\N=C(N)N1CCOCC1)c1cnc(N)nc1C(F)(F)F)OC1CCN([S+](C)(=O)O)CC1. The van der Waals surface area contributed by atoms with Crippen LogP contribution in [-0.4, -0.2) is 87.5 Å². The van der Waals surface area contributed by atoms with Gasteiger partial charge < -0.3 is 25.8 Å². The van der Waals surface area contributed by atoms with Crippen LogP contribution < -0.4 is 11.5 Å². The molecule has 11 nitrogen and oxygen atoms in total. The first-order valence-corrected chi connectivity index (χ1v) is 12.9. The lowest BCUT2D eigenvalue weighted by atomic mass is 10.1. The summed E-state index contributed by atoms with van der Waals surface area (Å²) in [6.07, 6.45) is -1.05. The van der Waals surface area contributed by atoms with Crippen molar-refractivity contribution in [2.24, 2.45) is 10.7 Å². The van der Waals surface area contributed by atoms with Gasteiger partial charge in [0, 0.05) is 37.9 Å². The molecule has 15 heteroatoms. The van der Waals surface area contributed by atoms with Gasteiger partial charge in [0.1, 0.15) is 0 Å². The molecule has 0 aromatic carbocycles. The van der Waals surface area contributed by atoms with Gasteiger partial charge in [-0.1, -0.05) is 4.31 Å². The maximum Gasteiger partial charge on any atom is 0.434 e. The molecule has 0 bridgehead atoms. The number of anilines is 1. The van der Waals surface area contributed by atoms with Gasteiger partial charge in [0.05, 0.1) is 31.1 Å². The van der Waals surface area contributed by atoms with Crippen LogP contribution in [-0.2, 0) is 30.3 Å². The van der Waals surface area contributed by atoms with Crippen LogP contribution in [0.1, 0.15) is 31.0 Å². The van der Waals surface area contributed by atoms with Gasteiger partial charge in [-0.3, -0.25) is 0 Å². The van der Waals surface area contributed by atoms with Gasteiger partial charge in [-0.25, -0.2) is 15.0 Å². The number of alkyl halides is 3. The van der Waals surface area contributed by atoms with Gasteiger partial charge >= 0.3 is 6.18 Å². The van der Waals surface area contributed by atoms with Crippen molar-refractivity contribution in [1.82, 2.24) is 19.2 Å². The number of hydrogen-bond acceptors (Lipinski definition) is 7. The first-order valence-electron chi connectivity index (χ1n) is 11.1. The maximum absolute atomic E-state index is 13.8. The number of aliphatic imine (C=N–C) groups is 1. The van der Waals surface area contributed by atoms with Gasteiger partial charge in [0.25, 0.3) is 10.4 Å². The van der Waals surface area contributed by atoms with Crippen molar-refractivity contribution in [3.63, 3.8) is 0 Å². The number of ether oxygens (including phenoxy) is 2. The Balaban J connectivity index is 1.88. The van der Waals surface area contributed by atoms with Gasteiger partial charge in [0.15, 0.2) is 17.9 Å². The van der Waals surface area contributed by atoms with Crippen molar-refractivity contribution < 1.29 is 31.4 Å². The first kappa shape index (κ1) is 27.3. The monoisotopic (exact) mass is 522 g/mol. The molecule has 1 aromatic rings. The Morgan fingerprint density at radius 3 is 2.54 bits per heavy atom. The van der Waals surface area contributed by atoms with Crippen LogP contribution in [0.4, 0.5) is 19.1 Å². The third-order valence-corrected chi connectivity index (χ3v) is 6.92. The van der Waals surface area contributed by atoms with E-state index >= 15 is 0 Å². The summed E-state index contributed by atoms with van der Waals surface area (Å²) >= 11 is 0. The van der Waals surface area contributed by atoms with E-state index in [0.29, 0.717) is 52.2 Å². The van der Waals surface area contributed by atoms with Gasteiger partial charge in [-0.05, 0) is 30.1 Å². The number of piperidine rings is 1. The lowest BCUT2D eigenvalue weighted by Crippen LogP contribution is -2.44. The Bertz CT molecular complexity index is 987. The number of rotatable bonds is 6.